The van der Waals surface area contributed by atoms with Gasteiger partial charge < -0.3 is 0 Å². The maximum absolute atomic E-state index is 4.13. The minimum atomic E-state index is 0.937. The molecule has 1 aromatic heterocycles. The number of hydrogen-bond acceptors (Lipinski definition) is 2. The second-order valence-electron chi connectivity index (χ2n) is 1.70. The first kappa shape index (κ1) is 7.63. The van der Waals surface area contributed by atoms with E-state index in [1.165, 1.54) is 9.35 Å². The zero-order valence-corrected chi connectivity index (χ0v) is 8.10. The normalized spacial score (nSPS) is 10.0. The van der Waals surface area contributed by atoms with Gasteiger partial charge in [0.25, 0.3) is 0 Å². The molecular formula is C6H7BrS2. The number of hydrogen-bond donors (Lipinski definition) is 1. The third-order valence-electron chi connectivity index (χ3n) is 0.980. The Bertz CT molecular complexity index is 183. The third kappa shape index (κ3) is 2.32. The Morgan fingerprint density at radius 1 is 1.67 bits per heavy atom. The first-order chi connectivity index (χ1) is 4.33. The van der Waals surface area contributed by atoms with Gasteiger partial charge in [0.1, 0.15) is 0 Å². The summed E-state index contributed by atoms with van der Waals surface area (Å²) in [5, 5.41) is 2.10. The smallest absolute Gasteiger partial charge is 0.0285 e. The van der Waals surface area contributed by atoms with Crippen molar-refractivity contribution in [2.45, 2.75) is 6.42 Å². The van der Waals surface area contributed by atoms with Gasteiger partial charge in [0.05, 0.1) is 0 Å². The standard InChI is InChI=1S/C6H7BrS2/c7-5-3-6(1-2-8)9-4-5/h3-4,8H,1-2H2. The van der Waals surface area contributed by atoms with Crippen LogP contribution in [-0.4, -0.2) is 5.75 Å². The monoisotopic (exact) mass is 222 g/mol. The summed E-state index contributed by atoms with van der Waals surface area (Å²) in [7, 11) is 0. The zero-order valence-electron chi connectivity index (χ0n) is 4.80. The van der Waals surface area contributed by atoms with Gasteiger partial charge in [-0.1, -0.05) is 0 Å². The fourth-order valence-electron chi connectivity index (χ4n) is 0.595. The molecule has 1 aromatic rings. The molecule has 0 saturated carbocycles. The Hall–Kier alpha value is 0.530. The predicted molar refractivity (Wildman–Crippen MR) is 49.6 cm³/mol. The summed E-state index contributed by atoms with van der Waals surface area (Å²) >= 11 is 9.30. The summed E-state index contributed by atoms with van der Waals surface area (Å²) in [5.41, 5.74) is 0. The number of thiophene rings is 1. The second-order valence-corrected chi connectivity index (χ2v) is 4.06. The van der Waals surface area contributed by atoms with E-state index in [2.05, 4.69) is 40.0 Å². The van der Waals surface area contributed by atoms with Gasteiger partial charge in [0.2, 0.25) is 0 Å². The molecular weight excluding hydrogens is 216 g/mol. The van der Waals surface area contributed by atoms with Gasteiger partial charge in [-0.05, 0) is 34.2 Å². The Balaban J connectivity index is 2.61. The number of aryl methyl sites for hydroxylation is 1. The molecule has 1 heterocycles. The Morgan fingerprint density at radius 2 is 2.44 bits per heavy atom. The van der Waals surface area contributed by atoms with Crippen molar-refractivity contribution in [1.82, 2.24) is 0 Å². The highest BCUT2D eigenvalue weighted by molar-refractivity contribution is 9.10. The van der Waals surface area contributed by atoms with E-state index in [-0.39, 0.29) is 0 Å². The highest BCUT2D eigenvalue weighted by Gasteiger charge is 1.93. The van der Waals surface area contributed by atoms with Crippen LogP contribution < -0.4 is 0 Å². The first-order valence-corrected chi connectivity index (χ1v) is 4.97. The van der Waals surface area contributed by atoms with Crippen molar-refractivity contribution in [3.05, 3.63) is 20.8 Å². The Morgan fingerprint density at radius 3 is 2.89 bits per heavy atom. The van der Waals surface area contributed by atoms with Gasteiger partial charge in [0.15, 0.2) is 0 Å². The van der Waals surface area contributed by atoms with Crippen LogP contribution in [0.1, 0.15) is 4.88 Å². The van der Waals surface area contributed by atoms with E-state index in [1.807, 2.05) is 0 Å². The SMILES string of the molecule is SCCc1cc(Br)cs1. The molecule has 0 atom stereocenters. The highest BCUT2D eigenvalue weighted by atomic mass is 79.9. The van der Waals surface area contributed by atoms with Gasteiger partial charge >= 0.3 is 0 Å². The maximum atomic E-state index is 4.13. The lowest BCUT2D eigenvalue weighted by atomic mass is 10.4. The summed E-state index contributed by atoms with van der Waals surface area (Å²) in [4.78, 5) is 1.40. The number of thiol groups is 1. The third-order valence-corrected chi connectivity index (χ3v) is 2.96. The van der Waals surface area contributed by atoms with Gasteiger partial charge in [-0.25, -0.2) is 0 Å². The lowest BCUT2D eigenvalue weighted by Gasteiger charge is -1.85. The fraction of sp³-hybridized carbons (Fsp3) is 0.333. The molecule has 0 fully saturated rings. The van der Waals surface area contributed by atoms with Crippen LogP contribution in [0.15, 0.2) is 15.9 Å². The largest absolute Gasteiger partial charge is 0.179 e. The molecule has 0 aliphatic rings. The highest BCUT2D eigenvalue weighted by Crippen LogP contribution is 2.19. The zero-order chi connectivity index (χ0) is 6.69. The molecule has 0 amide bonds. The van der Waals surface area contributed by atoms with Crippen LogP contribution in [0.2, 0.25) is 0 Å². The molecule has 0 bridgehead atoms. The molecule has 0 nitrogen and oxygen atoms in total. The molecule has 0 radical (unpaired) electrons. The summed E-state index contributed by atoms with van der Waals surface area (Å²) in [6.45, 7) is 0. The van der Waals surface area contributed by atoms with E-state index in [4.69, 9.17) is 0 Å². The van der Waals surface area contributed by atoms with Crippen molar-refractivity contribution in [2.24, 2.45) is 0 Å². The fourth-order valence-corrected chi connectivity index (χ4v) is 2.44. The van der Waals surface area contributed by atoms with Crippen LogP contribution in [0.25, 0.3) is 0 Å². The van der Waals surface area contributed by atoms with Gasteiger partial charge in [-0.3, -0.25) is 0 Å². The lowest BCUT2D eigenvalue weighted by Crippen LogP contribution is -1.77. The molecule has 3 heteroatoms. The van der Waals surface area contributed by atoms with Gasteiger partial charge in [-0.2, -0.15) is 12.6 Å². The van der Waals surface area contributed by atoms with Crippen LogP contribution in [0, 0.1) is 0 Å². The molecule has 0 spiro atoms. The molecule has 50 valence electrons. The van der Waals surface area contributed by atoms with Crippen LogP contribution >= 0.6 is 39.9 Å². The number of rotatable bonds is 2. The summed E-state index contributed by atoms with van der Waals surface area (Å²) in [6, 6.07) is 2.14. The Kier molecular flexibility index (Phi) is 3.09. The van der Waals surface area contributed by atoms with Crippen molar-refractivity contribution in [1.29, 1.82) is 0 Å². The van der Waals surface area contributed by atoms with Crippen molar-refractivity contribution in [2.75, 3.05) is 5.75 Å². The predicted octanol–water partition coefficient (Wildman–Crippen LogP) is 2.98. The van der Waals surface area contributed by atoms with E-state index < -0.39 is 0 Å². The van der Waals surface area contributed by atoms with Crippen LogP contribution in [0.4, 0.5) is 0 Å². The van der Waals surface area contributed by atoms with E-state index in [9.17, 15) is 0 Å². The van der Waals surface area contributed by atoms with Crippen molar-refractivity contribution in [3.63, 3.8) is 0 Å². The molecule has 1 rings (SSSR count). The summed E-state index contributed by atoms with van der Waals surface area (Å²) in [5.74, 6) is 0.937. The molecule has 9 heavy (non-hydrogen) atoms. The quantitative estimate of drug-likeness (QED) is 0.732. The average Bonchev–Trinajstić information content (AvgIpc) is 2.17. The minimum absolute atomic E-state index is 0.937. The van der Waals surface area contributed by atoms with Gasteiger partial charge in [0, 0.05) is 14.7 Å². The van der Waals surface area contributed by atoms with Gasteiger partial charge in [-0.15, -0.1) is 11.3 Å². The van der Waals surface area contributed by atoms with Crippen LogP contribution in [-0.2, 0) is 6.42 Å². The molecule has 0 aromatic carbocycles. The van der Waals surface area contributed by atoms with E-state index >= 15 is 0 Å². The molecule has 0 N–H and O–H groups in total. The van der Waals surface area contributed by atoms with Crippen molar-refractivity contribution < 1.29 is 0 Å². The summed E-state index contributed by atoms with van der Waals surface area (Å²) < 4.78 is 1.18. The number of halogens is 1. The van der Waals surface area contributed by atoms with E-state index in [1.54, 1.807) is 11.3 Å². The van der Waals surface area contributed by atoms with Crippen LogP contribution in [0.5, 0.6) is 0 Å². The molecule has 0 aliphatic heterocycles. The molecule has 0 unspecified atom stereocenters. The molecule has 0 aliphatic carbocycles. The van der Waals surface area contributed by atoms with E-state index in [0.717, 1.165) is 12.2 Å². The lowest BCUT2D eigenvalue weighted by molar-refractivity contribution is 1.21. The summed E-state index contributed by atoms with van der Waals surface area (Å²) in [6.07, 6.45) is 1.08. The van der Waals surface area contributed by atoms with Crippen LogP contribution in [0.3, 0.4) is 0 Å². The van der Waals surface area contributed by atoms with E-state index in [0.29, 0.717) is 0 Å². The van der Waals surface area contributed by atoms with Crippen molar-refractivity contribution in [3.8, 4) is 0 Å². The maximum Gasteiger partial charge on any atom is 0.0285 e. The minimum Gasteiger partial charge on any atom is -0.179 e. The Labute approximate surface area is 72.8 Å². The second kappa shape index (κ2) is 3.64. The van der Waals surface area contributed by atoms with Crippen molar-refractivity contribution >= 4 is 39.9 Å². The molecule has 0 saturated heterocycles. The topological polar surface area (TPSA) is 0 Å². The average molecular weight is 223 g/mol. The first-order valence-electron chi connectivity index (χ1n) is 2.66.